The lowest BCUT2D eigenvalue weighted by Gasteiger charge is -2.18. The van der Waals surface area contributed by atoms with Crippen LogP contribution in [0.4, 0.5) is 22.7 Å². The Morgan fingerprint density at radius 3 is 0.958 bits per heavy atom. The largest absolute Gasteiger partial charge is 0.323 e. The second-order valence-electron chi connectivity index (χ2n) is 7.01. The van der Waals surface area contributed by atoms with Crippen molar-refractivity contribution in [2.24, 2.45) is 10.8 Å². The Labute approximate surface area is 138 Å². The highest BCUT2D eigenvalue weighted by atomic mass is 16.2. The number of fused-ring (bicyclic) bond motifs is 2. The van der Waals surface area contributed by atoms with Gasteiger partial charge in [0.25, 0.3) is 0 Å². The average Bonchev–Trinajstić information content (AvgIpc) is 2.61. The molecule has 2 aliphatic rings. The van der Waals surface area contributed by atoms with Crippen molar-refractivity contribution in [3.63, 3.8) is 0 Å². The highest BCUT2D eigenvalue weighted by molar-refractivity contribution is 6.22. The minimum Gasteiger partial charge on any atom is -0.323 e. The smallest absolute Gasteiger partial charge is 0.239 e. The van der Waals surface area contributed by atoms with Crippen LogP contribution in [0.25, 0.3) is 0 Å². The zero-order valence-corrected chi connectivity index (χ0v) is 13.8. The summed E-state index contributed by atoms with van der Waals surface area (Å²) in [6.45, 7) is 6.06. The predicted molar refractivity (Wildman–Crippen MR) is 88.5 cm³/mol. The third kappa shape index (κ3) is 2.22. The quantitative estimate of drug-likeness (QED) is 0.540. The summed E-state index contributed by atoms with van der Waals surface area (Å²) in [4.78, 5) is 48.9. The van der Waals surface area contributed by atoms with E-state index >= 15 is 0 Å². The number of hydrogen-bond acceptors (Lipinski definition) is 4. The molecule has 1 aromatic rings. The first-order valence-corrected chi connectivity index (χ1v) is 7.47. The van der Waals surface area contributed by atoms with Gasteiger partial charge in [-0.25, -0.2) is 0 Å². The lowest BCUT2D eigenvalue weighted by atomic mass is 9.91. The summed E-state index contributed by atoms with van der Waals surface area (Å²) in [7, 11) is 0. The number of rotatable bonds is 0. The molecule has 0 aliphatic carbocycles. The van der Waals surface area contributed by atoms with Crippen molar-refractivity contribution in [3.8, 4) is 0 Å². The molecule has 0 spiro atoms. The number of carbonyl (C=O) groups is 4. The molecule has 0 atom stereocenters. The first-order valence-electron chi connectivity index (χ1n) is 7.47. The van der Waals surface area contributed by atoms with Gasteiger partial charge in [-0.1, -0.05) is 0 Å². The molecule has 126 valence electrons. The van der Waals surface area contributed by atoms with Gasteiger partial charge in [-0.15, -0.1) is 0 Å². The highest BCUT2D eigenvalue weighted by Gasteiger charge is 2.41. The molecule has 8 nitrogen and oxygen atoms in total. The Morgan fingerprint density at radius 1 is 0.542 bits per heavy atom. The molecule has 0 radical (unpaired) electrons. The van der Waals surface area contributed by atoms with E-state index in [1.807, 2.05) is 0 Å². The van der Waals surface area contributed by atoms with Gasteiger partial charge in [-0.2, -0.15) is 0 Å². The van der Waals surface area contributed by atoms with Gasteiger partial charge in [-0.3, -0.25) is 19.2 Å². The fraction of sp³-hybridized carbons (Fsp3) is 0.375. The first-order chi connectivity index (χ1) is 11.0. The molecule has 8 heteroatoms. The second-order valence-corrected chi connectivity index (χ2v) is 7.01. The van der Waals surface area contributed by atoms with E-state index in [0.29, 0.717) is 22.7 Å². The van der Waals surface area contributed by atoms with Crippen LogP contribution in [0.3, 0.4) is 0 Å². The lowest BCUT2D eigenvalue weighted by Crippen LogP contribution is -2.39. The van der Waals surface area contributed by atoms with E-state index in [9.17, 15) is 19.2 Å². The number of carbonyl (C=O) groups excluding carboxylic acids is 4. The molecule has 0 bridgehead atoms. The van der Waals surface area contributed by atoms with Gasteiger partial charge in [0, 0.05) is 0 Å². The van der Waals surface area contributed by atoms with E-state index in [0.717, 1.165) is 0 Å². The Morgan fingerprint density at radius 2 is 0.750 bits per heavy atom. The zero-order chi connectivity index (χ0) is 17.9. The molecule has 0 fully saturated rings. The van der Waals surface area contributed by atoms with Gasteiger partial charge in [0.05, 0.1) is 22.7 Å². The standard InChI is InChI=1S/C16H18N4O4/c1-15(2)11(21)17-7-5-9-10(6-8(7)18-12(15)22)20-14(24)16(3,4)13(23)19-9/h5-6H,1-4H3,(H,17,21)(H,18,22)(H,19,23)(H,20,24). The van der Waals surface area contributed by atoms with E-state index in [1.54, 1.807) is 0 Å². The minimum absolute atomic E-state index is 0.354. The maximum absolute atomic E-state index is 12.2. The Hall–Kier alpha value is -2.90. The van der Waals surface area contributed by atoms with Crippen LogP contribution in [0.1, 0.15) is 27.7 Å². The second kappa shape index (κ2) is 4.80. The van der Waals surface area contributed by atoms with Crippen LogP contribution in [-0.4, -0.2) is 23.6 Å². The monoisotopic (exact) mass is 330 g/mol. The Kier molecular flexibility index (Phi) is 3.19. The average molecular weight is 330 g/mol. The molecule has 3 rings (SSSR count). The molecule has 0 unspecified atom stereocenters. The topological polar surface area (TPSA) is 116 Å². The molecule has 4 amide bonds. The number of anilines is 4. The van der Waals surface area contributed by atoms with Gasteiger partial charge in [0.15, 0.2) is 0 Å². The zero-order valence-electron chi connectivity index (χ0n) is 13.8. The minimum atomic E-state index is -1.25. The van der Waals surface area contributed by atoms with Crippen LogP contribution >= 0.6 is 0 Å². The van der Waals surface area contributed by atoms with Crippen LogP contribution in [0, 0.1) is 10.8 Å². The van der Waals surface area contributed by atoms with Crippen LogP contribution in [0.2, 0.25) is 0 Å². The number of hydrogen-bond donors (Lipinski definition) is 4. The number of amides is 4. The third-order valence-electron chi connectivity index (χ3n) is 4.42. The summed E-state index contributed by atoms with van der Waals surface area (Å²) in [5.74, 6) is -1.82. The summed E-state index contributed by atoms with van der Waals surface area (Å²) < 4.78 is 0. The van der Waals surface area contributed by atoms with Crippen molar-refractivity contribution in [2.45, 2.75) is 27.7 Å². The van der Waals surface area contributed by atoms with E-state index in [1.165, 1.54) is 39.8 Å². The Balaban J connectivity index is 2.10. The Bertz CT molecular complexity index is 684. The van der Waals surface area contributed by atoms with Crippen LogP contribution in [-0.2, 0) is 19.2 Å². The molecule has 2 heterocycles. The summed E-state index contributed by atoms with van der Waals surface area (Å²) in [5.41, 5.74) is -1.08. The van der Waals surface area contributed by atoms with E-state index in [4.69, 9.17) is 0 Å². The van der Waals surface area contributed by atoms with E-state index in [2.05, 4.69) is 21.3 Å². The van der Waals surface area contributed by atoms with Crippen molar-refractivity contribution in [1.29, 1.82) is 0 Å². The third-order valence-corrected chi connectivity index (χ3v) is 4.42. The van der Waals surface area contributed by atoms with Gasteiger partial charge in [0.1, 0.15) is 10.8 Å². The van der Waals surface area contributed by atoms with Gasteiger partial charge in [-0.05, 0) is 39.8 Å². The van der Waals surface area contributed by atoms with E-state index in [-0.39, 0.29) is 0 Å². The summed E-state index contributed by atoms with van der Waals surface area (Å²) >= 11 is 0. The maximum Gasteiger partial charge on any atom is 0.239 e. The van der Waals surface area contributed by atoms with Crippen molar-refractivity contribution < 1.29 is 19.2 Å². The number of nitrogens with one attached hydrogen (secondary N) is 4. The fourth-order valence-corrected chi connectivity index (χ4v) is 2.33. The van der Waals surface area contributed by atoms with Gasteiger partial charge < -0.3 is 21.3 Å². The predicted octanol–water partition coefficient (Wildman–Crippen LogP) is 1.52. The van der Waals surface area contributed by atoms with Crippen LogP contribution < -0.4 is 21.3 Å². The fourth-order valence-electron chi connectivity index (χ4n) is 2.33. The molecule has 2 aliphatic heterocycles. The molecule has 24 heavy (non-hydrogen) atoms. The molecular weight excluding hydrogens is 312 g/mol. The summed E-state index contributed by atoms with van der Waals surface area (Å²) in [5, 5.41) is 10.7. The van der Waals surface area contributed by atoms with Crippen molar-refractivity contribution in [3.05, 3.63) is 12.1 Å². The molecule has 1 aromatic carbocycles. The molecule has 0 saturated carbocycles. The normalized spacial score (nSPS) is 21.2. The molecular formula is C16H18N4O4. The summed E-state index contributed by atoms with van der Waals surface area (Å²) in [6, 6.07) is 3.04. The van der Waals surface area contributed by atoms with Crippen molar-refractivity contribution in [1.82, 2.24) is 0 Å². The van der Waals surface area contributed by atoms with Crippen LogP contribution in [0.5, 0.6) is 0 Å². The van der Waals surface area contributed by atoms with Crippen molar-refractivity contribution in [2.75, 3.05) is 21.3 Å². The van der Waals surface area contributed by atoms with Gasteiger partial charge >= 0.3 is 0 Å². The highest BCUT2D eigenvalue weighted by Crippen LogP contribution is 2.39. The van der Waals surface area contributed by atoms with Crippen molar-refractivity contribution >= 4 is 46.4 Å². The SMILES string of the molecule is CC1(C)C(=O)Nc2cc3c(cc2NC1=O)NC(=O)C(C)(C)C(=O)N3. The molecule has 0 aromatic heterocycles. The molecule has 4 N–H and O–H groups in total. The summed E-state index contributed by atoms with van der Waals surface area (Å²) in [6.07, 6.45) is 0. The molecule has 0 saturated heterocycles. The van der Waals surface area contributed by atoms with E-state index < -0.39 is 34.5 Å². The first kappa shape index (κ1) is 16.0. The lowest BCUT2D eigenvalue weighted by molar-refractivity contribution is -0.136. The maximum atomic E-state index is 12.2. The van der Waals surface area contributed by atoms with Gasteiger partial charge in [0.2, 0.25) is 23.6 Å². The number of benzene rings is 1. The van der Waals surface area contributed by atoms with Crippen LogP contribution in [0.15, 0.2) is 12.1 Å².